The van der Waals surface area contributed by atoms with E-state index in [1.807, 2.05) is 41.9 Å². The van der Waals surface area contributed by atoms with E-state index < -0.39 is 5.97 Å². The van der Waals surface area contributed by atoms with Crippen LogP contribution in [0.4, 0.5) is 0 Å². The number of imidazole rings is 1. The van der Waals surface area contributed by atoms with Crippen LogP contribution in [0.1, 0.15) is 5.56 Å². The summed E-state index contributed by atoms with van der Waals surface area (Å²) in [5.41, 5.74) is 2.55. The first-order chi connectivity index (χ1) is 9.65. The van der Waals surface area contributed by atoms with E-state index >= 15 is 0 Å². The molecule has 5 nitrogen and oxygen atoms in total. The van der Waals surface area contributed by atoms with E-state index in [1.54, 1.807) is 12.3 Å². The van der Waals surface area contributed by atoms with Gasteiger partial charge in [0.05, 0.1) is 17.3 Å². The lowest BCUT2D eigenvalue weighted by Crippen LogP contribution is -1.90. The van der Waals surface area contributed by atoms with E-state index in [-0.39, 0.29) is 0 Å². The molecule has 0 bridgehead atoms. The fourth-order valence-corrected chi connectivity index (χ4v) is 2.11. The summed E-state index contributed by atoms with van der Waals surface area (Å²) in [5, 5.41) is 8.64. The molecule has 0 aliphatic rings. The number of aromatic nitrogens is 2. The second-order valence-corrected chi connectivity index (χ2v) is 4.39. The number of rotatable bonds is 3. The highest BCUT2D eigenvalue weighted by Crippen LogP contribution is 2.24. The topological polar surface area (TPSA) is 68.3 Å². The van der Waals surface area contributed by atoms with Gasteiger partial charge in [-0.3, -0.25) is 0 Å². The molecule has 0 atom stereocenters. The summed E-state index contributed by atoms with van der Waals surface area (Å²) in [7, 11) is 1.92. The van der Waals surface area contributed by atoms with Gasteiger partial charge in [0.25, 0.3) is 0 Å². The third-order valence-corrected chi connectivity index (χ3v) is 3.06. The van der Waals surface area contributed by atoms with Gasteiger partial charge in [-0.15, -0.1) is 0 Å². The number of carbonyl (C=O) groups is 1. The summed E-state index contributed by atoms with van der Waals surface area (Å²) in [4.78, 5) is 15.1. The minimum atomic E-state index is -0.970. The number of fused-ring (bicyclic) bond motifs is 1. The Labute approximate surface area is 114 Å². The third kappa shape index (κ3) is 2.09. The minimum absolute atomic E-state index is 0.700. The molecule has 3 aromatic rings. The van der Waals surface area contributed by atoms with Gasteiger partial charge in [-0.05, 0) is 35.9 Å². The summed E-state index contributed by atoms with van der Waals surface area (Å²) < 4.78 is 7.31. The van der Waals surface area contributed by atoms with Gasteiger partial charge in [0, 0.05) is 13.1 Å². The van der Waals surface area contributed by atoms with Gasteiger partial charge in [-0.2, -0.15) is 0 Å². The van der Waals surface area contributed by atoms with Crippen LogP contribution in [0.5, 0.6) is 0 Å². The van der Waals surface area contributed by atoms with Gasteiger partial charge in [0.1, 0.15) is 0 Å². The van der Waals surface area contributed by atoms with Crippen LogP contribution in [0.2, 0.25) is 0 Å². The maximum absolute atomic E-state index is 10.5. The van der Waals surface area contributed by atoms with Crippen molar-refractivity contribution >= 4 is 23.1 Å². The van der Waals surface area contributed by atoms with Crippen molar-refractivity contribution < 1.29 is 14.3 Å². The molecule has 0 saturated heterocycles. The van der Waals surface area contributed by atoms with Gasteiger partial charge in [0.2, 0.25) is 0 Å². The molecule has 5 heteroatoms. The van der Waals surface area contributed by atoms with Crippen LogP contribution in [0.25, 0.3) is 28.7 Å². The van der Waals surface area contributed by atoms with E-state index in [1.165, 1.54) is 0 Å². The Hall–Kier alpha value is -2.82. The fraction of sp³-hybridized carbons (Fsp3) is 0.0667. The van der Waals surface area contributed by atoms with Gasteiger partial charge in [-0.25, -0.2) is 9.78 Å². The molecule has 0 aliphatic heterocycles. The van der Waals surface area contributed by atoms with Crippen LogP contribution in [0, 0.1) is 0 Å². The zero-order chi connectivity index (χ0) is 14.1. The van der Waals surface area contributed by atoms with Crippen LogP contribution in [0.15, 0.2) is 47.1 Å². The van der Waals surface area contributed by atoms with Crippen molar-refractivity contribution in [3.05, 3.63) is 48.2 Å². The summed E-state index contributed by atoms with van der Waals surface area (Å²) in [6, 6.07) is 9.29. The van der Waals surface area contributed by atoms with Gasteiger partial charge in [0.15, 0.2) is 11.6 Å². The normalized spacial score (nSPS) is 11.4. The van der Waals surface area contributed by atoms with E-state index in [9.17, 15) is 4.79 Å². The minimum Gasteiger partial charge on any atom is -0.478 e. The molecule has 1 aromatic carbocycles. The lowest BCUT2D eigenvalue weighted by atomic mass is 10.2. The van der Waals surface area contributed by atoms with E-state index in [0.29, 0.717) is 5.76 Å². The number of benzene rings is 1. The molecule has 2 heterocycles. The van der Waals surface area contributed by atoms with Crippen molar-refractivity contribution in [2.75, 3.05) is 0 Å². The van der Waals surface area contributed by atoms with Crippen molar-refractivity contribution in [1.29, 1.82) is 0 Å². The van der Waals surface area contributed by atoms with Gasteiger partial charge in [-0.1, -0.05) is 6.07 Å². The molecule has 100 valence electrons. The van der Waals surface area contributed by atoms with Crippen LogP contribution in [-0.2, 0) is 11.8 Å². The number of carboxylic acid groups (broad SMARTS) is 1. The van der Waals surface area contributed by atoms with E-state index in [4.69, 9.17) is 9.52 Å². The van der Waals surface area contributed by atoms with E-state index in [2.05, 4.69) is 4.98 Å². The zero-order valence-corrected chi connectivity index (χ0v) is 10.8. The summed E-state index contributed by atoms with van der Waals surface area (Å²) >= 11 is 0. The lowest BCUT2D eigenvalue weighted by Gasteiger charge is -1.98. The molecule has 0 amide bonds. The fourth-order valence-electron chi connectivity index (χ4n) is 2.11. The second kappa shape index (κ2) is 4.70. The zero-order valence-electron chi connectivity index (χ0n) is 10.8. The number of aliphatic carboxylic acids is 1. The van der Waals surface area contributed by atoms with Crippen LogP contribution < -0.4 is 0 Å². The summed E-state index contributed by atoms with van der Waals surface area (Å²) in [6.07, 6.45) is 4.26. The average Bonchev–Trinajstić information content (AvgIpc) is 3.04. The Morgan fingerprint density at radius 2 is 2.25 bits per heavy atom. The number of furan rings is 1. The maximum atomic E-state index is 10.5. The molecule has 0 radical (unpaired) electrons. The van der Waals surface area contributed by atoms with Gasteiger partial charge >= 0.3 is 5.97 Å². The van der Waals surface area contributed by atoms with Crippen LogP contribution in [0.3, 0.4) is 0 Å². The molecule has 0 fully saturated rings. The first-order valence-corrected chi connectivity index (χ1v) is 6.06. The Kier molecular flexibility index (Phi) is 2.87. The Morgan fingerprint density at radius 3 is 2.95 bits per heavy atom. The Bertz CT molecular complexity index is 798. The molecule has 0 saturated carbocycles. The van der Waals surface area contributed by atoms with Crippen molar-refractivity contribution in [3.63, 3.8) is 0 Å². The van der Waals surface area contributed by atoms with Crippen LogP contribution in [-0.4, -0.2) is 20.6 Å². The highest BCUT2D eigenvalue weighted by molar-refractivity contribution is 5.87. The quantitative estimate of drug-likeness (QED) is 0.741. The molecular formula is C15H12N2O3. The highest BCUT2D eigenvalue weighted by Gasteiger charge is 2.11. The molecule has 0 unspecified atom stereocenters. The van der Waals surface area contributed by atoms with Crippen LogP contribution >= 0.6 is 0 Å². The Morgan fingerprint density at radius 1 is 1.40 bits per heavy atom. The molecule has 0 spiro atoms. The second-order valence-electron chi connectivity index (χ2n) is 4.39. The number of carboxylic acids is 1. The number of hydrogen-bond donors (Lipinski definition) is 1. The standard InChI is InChI=1S/C15H12N2O3/c1-17-12-6-4-10(5-7-14(18)19)9-11(12)16-15(17)13-3-2-8-20-13/h2-9H,1H3,(H,18,19)/b7-5+. The number of nitrogens with zero attached hydrogens (tertiary/aromatic N) is 2. The van der Waals surface area contributed by atoms with Crippen molar-refractivity contribution in [2.45, 2.75) is 0 Å². The Balaban J connectivity index is 2.10. The molecule has 3 rings (SSSR count). The first kappa shape index (κ1) is 12.2. The monoisotopic (exact) mass is 268 g/mol. The lowest BCUT2D eigenvalue weighted by molar-refractivity contribution is -0.131. The maximum Gasteiger partial charge on any atom is 0.328 e. The predicted octanol–water partition coefficient (Wildman–Crippen LogP) is 2.93. The summed E-state index contributed by atoms with van der Waals surface area (Å²) in [5.74, 6) is 0.470. The predicted molar refractivity (Wildman–Crippen MR) is 75.1 cm³/mol. The molecule has 20 heavy (non-hydrogen) atoms. The largest absolute Gasteiger partial charge is 0.478 e. The number of hydrogen-bond acceptors (Lipinski definition) is 3. The van der Waals surface area contributed by atoms with Crippen molar-refractivity contribution in [2.24, 2.45) is 7.05 Å². The summed E-state index contributed by atoms with van der Waals surface area (Å²) in [6.45, 7) is 0. The highest BCUT2D eigenvalue weighted by atomic mass is 16.4. The first-order valence-electron chi connectivity index (χ1n) is 6.06. The number of aryl methyl sites for hydroxylation is 1. The van der Waals surface area contributed by atoms with Gasteiger partial charge < -0.3 is 14.1 Å². The average molecular weight is 268 g/mol. The molecular weight excluding hydrogens is 256 g/mol. The van der Waals surface area contributed by atoms with E-state index in [0.717, 1.165) is 28.5 Å². The molecule has 0 aliphatic carbocycles. The SMILES string of the molecule is Cn1c(-c2ccco2)nc2cc(/C=C/C(=O)O)ccc21. The third-order valence-electron chi connectivity index (χ3n) is 3.06. The van der Waals surface area contributed by atoms with Crippen molar-refractivity contribution in [3.8, 4) is 11.6 Å². The van der Waals surface area contributed by atoms with Crippen molar-refractivity contribution in [1.82, 2.24) is 9.55 Å². The smallest absolute Gasteiger partial charge is 0.328 e. The molecule has 1 N–H and O–H groups in total. The molecule has 2 aromatic heterocycles.